The van der Waals surface area contributed by atoms with Crippen LogP contribution in [0.1, 0.15) is 4.88 Å². The van der Waals surface area contributed by atoms with Crippen LogP contribution >= 0.6 is 11.3 Å². The summed E-state index contributed by atoms with van der Waals surface area (Å²) >= 11 is 1.72. The van der Waals surface area contributed by atoms with Crippen molar-refractivity contribution in [3.63, 3.8) is 0 Å². The first-order valence-electron chi connectivity index (χ1n) is 7.57. The molecule has 0 amide bonds. The van der Waals surface area contributed by atoms with Gasteiger partial charge in [0, 0.05) is 12.1 Å². The fraction of sp³-hybridized carbons (Fsp3) is 0.333. The molecule has 2 aromatic rings. The first-order chi connectivity index (χ1) is 11.5. The number of sulfonamides is 1. The zero-order chi connectivity index (χ0) is 17.2. The van der Waals surface area contributed by atoms with Gasteiger partial charge in [-0.2, -0.15) is 4.31 Å². The Labute approximate surface area is 144 Å². The second-order valence-corrected chi connectivity index (χ2v) is 8.63. The lowest BCUT2D eigenvalue weighted by atomic mass is 10.3. The average Bonchev–Trinajstić information content (AvgIpc) is 3.08. The molecule has 24 heavy (non-hydrogen) atoms. The molecule has 7 nitrogen and oxygen atoms in total. The Bertz CT molecular complexity index is 796. The summed E-state index contributed by atoms with van der Waals surface area (Å²) < 4.78 is 26.7. The summed E-state index contributed by atoms with van der Waals surface area (Å²) in [7, 11) is -3.59. The maximum absolute atomic E-state index is 12.6. The van der Waals surface area contributed by atoms with E-state index in [4.69, 9.17) is 0 Å². The van der Waals surface area contributed by atoms with E-state index in [1.54, 1.807) is 11.3 Å². The molecule has 0 bridgehead atoms. The molecule has 3 rings (SSSR count). The second-order valence-electron chi connectivity index (χ2n) is 5.66. The molecule has 128 valence electrons. The Kier molecular flexibility index (Phi) is 4.95. The molecule has 1 saturated heterocycles. The normalized spacial score (nSPS) is 17.0. The highest BCUT2D eigenvalue weighted by Gasteiger charge is 2.30. The number of hydrogen-bond acceptors (Lipinski definition) is 5. The summed E-state index contributed by atoms with van der Waals surface area (Å²) in [6.45, 7) is 3.34. The lowest BCUT2D eigenvalue weighted by Crippen LogP contribution is -3.13. The minimum absolute atomic E-state index is 0.106. The fourth-order valence-corrected chi connectivity index (χ4v) is 4.99. The van der Waals surface area contributed by atoms with E-state index in [-0.39, 0.29) is 10.6 Å². The highest BCUT2D eigenvalue weighted by Crippen LogP contribution is 2.19. The Hall–Kier alpha value is -1.81. The van der Waals surface area contributed by atoms with Crippen molar-refractivity contribution in [2.75, 3.05) is 26.2 Å². The number of nitro benzene ring substituents is 1. The van der Waals surface area contributed by atoms with Crippen LogP contribution in [0.25, 0.3) is 0 Å². The highest BCUT2D eigenvalue weighted by molar-refractivity contribution is 7.89. The van der Waals surface area contributed by atoms with E-state index in [9.17, 15) is 18.5 Å². The number of nitrogens with zero attached hydrogens (tertiary/aromatic N) is 2. The third-order valence-corrected chi connectivity index (χ3v) is 6.91. The van der Waals surface area contributed by atoms with Crippen molar-refractivity contribution in [3.8, 4) is 0 Å². The quantitative estimate of drug-likeness (QED) is 0.623. The van der Waals surface area contributed by atoms with Crippen LogP contribution in [-0.4, -0.2) is 43.8 Å². The van der Waals surface area contributed by atoms with Crippen LogP contribution in [0, 0.1) is 10.1 Å². The number of nitro groups is 1. The minimum atomic E-state index is -3.59. The number of hydrogen-bond donors (Lipinski definition) is 1. The van der Waals surface area contributed by atoms with Crippen molar-refractivity contribution in [1.82, 2.24) is 4.31 Å². The number of piperazine rings is 1. The van der Waals surface area contributed by atoms with Crippen LogP contribution in [-0.2, 0) is 16.6 Å². The Balaban J connectivity index is 1.65. The van der Waals surface area contributed by atoms with E-state index in [1.165, 1.54) is 38.3 Å². The first kappa shape index (κ1) is 17.0. The largest absolute Gasteiger partial charge is 0.328 e. The predicted octanol–water partition coefficient (Wildman–Crippen LogP) is 0.746. The van der Waals surface area contributed by atoms with Gasteiger partial charge in [-0.1, -0.05) is 6.07 Å². The second kappa shape index (κ2) is 6.98. The van der Waals surface area contributed by atoms with Crippen LogP contribution in [0.3, 0.4) is 0 Å². The van der Waals surface area contributed by atoms with Gasteiger partial charge in [0.1, 0.15) is 6.54 Å². The van der Waals surface area contributed by atoms with E-state index >= 15 is 0 Å². The molecule has 0 aliphatic carbocycles. The van der Waals surface area contributed by atoms with Gasteiger partial charge in [-0.25, -0.2) is 8.42 Å². The van der Waals surface area contributed by atoms with Gasteiger partial charge < -0.3 is 4.90 Å². The predicted molar refractivity (Wildman–Crippen MR) is 90.6 cm³/mol. The molecule has 1 aliphatic heterocycles. The number of quaternary nitrogens is 1. The van der Waals surface area contributed by atoms with Crippen molar-refractivity contribution in [2.45, 2.75) is 11.4 Å². The lowest BCUT2D eigenvalue weighted by Gasteiger charge is -2.31. The molecule has 0 radical (unpaired) electrons. The molecule has 1 N–H and O–H groups in total. The summed E-state index contributed by atoms with van der Waals surface area (Å²) in [5.74, 6) is 0. The number of thiophene rings is 1. The van der Waals surface area contributed by atoms with E-state index in [0.29, 0.717) is 13.1 Å². The molecular weight excluding hydrogens is 350 g/mol. The summed E-state index contributed by atoms with van der Waals surface area (Å²) in [6.07, 6.45) is 0. The van der Waals surface area contributed by atoms with Gasteiger partial charge in [-0.05, 0) is 23.6 Å². The van der Waals surface area contributed by atoms with Gasteiger partial charge in [-0.3, -0.25) is 10.1 Å². The van der Waals surface area contributed by atoms with E-state index in [2.05, 4.69) is 6.07 Å². The standard InChI is InChI=1S/C15H17N3O4S2/c19-18(20)13-3-5-15(6-4-13)24(21,22)17-9-7-16(8-10-17)12-14-2-1-11-23-14/h1-6,11H,7-10,12H2/p+1. The summed E-state index contributed by atoms with van der Waals surface area (Å²) in [5, 5.41) is 12.7. The van der Waals surface area contributed by atoms with Crippen molar-refractivity contribution in [3.05, 3.63) is 56.8 Å². The van der Waals surface area contributed by atoms with Crippen LogP contribution < -0.4 is 4.90 Å². The Morgan fingerprint density at radius 1 is 1.17 bits per heavy atom. The number of rotatable bonds is 5. The molecule has 9 heteroatoms. The third kappa shape index (κ3) is 3.64. The molecule has 2 heterocycles. The number of benzene rings is 1. The number of non-ortho nitro benzene ring substituents is 1. The van der Waals surface area contributed by atoms with Crippen LogP contribution in [0.15, 0.2) is 46.7 Å². The molecule has 0 unspecified atom stereocenters. The first-order valence-corrected chi connectivity index (χ1v) is 9.89. The van der Waals surface area contributed by atoms with Gasteiger partial charge in [0.2, 0.25) is 10.0 Å². The smallest absolute Gasteiger partial charge is 0.269 e. The molecule has 0 spiro atoms. The van der Waals surface area contributed by atoms with Crippen LogP contribution in [0.4, 0.5) is 5.69 Å². The molecule has 1 aliphatic rings. The van der Waals surface area contributed by atoms with Crippen LogP contribution in [0.2, 0.25) is 0 Å². The zero-order valence-corrected chi connectivity index (χ0v) is 14.6. The molecule has 1 fully saturated rings. The van der Waals surface area contributed by atoms with Gasteiger partial charge in [0.05, 0.1) is 40.9 Å². The van der Waals surface area contributed by atoms with Gasteiger partial charge in [0.15, 0.2) is 0 Å². The average molecular weight is 368 g/mol. The molecule has 1 aromatic carbocycles. The van der Waals surface area contributed by atoms with Crippen LogP contribution in [0.5, 0.6) is 0 Å². The minimum Gasteiger partial charge on any atom is -0.328 e. The molecule has 0 atom stereocenters. The monoisotopic (exact) mass is 368 g/mol. The van der Waals surface area contributed by atoms with E-state index in [1.807, 2.05) is 11.4 Å². The van der Waals surface area contributed by atoms with E-state index < -0.39 is 14.9 Å². The van der Waals surface area contributed by atoms with Crippen molar-refractivity contribution >= 4 is 27.0 Å². The van der Waals surface area contributed by atoms with Gasteiger partial charge >= 0.3 is 0 Å². The third-order valence-electron chi connectivity index (χ3n) is 4.12. The summed E-state index contributed by atoms with van der Waals surface area (Å²) in [6, 6.07) is 9.18. The lowest BCUT2D eigenvalue weighted by molar-refractivity contribution is -0.917. The number of nitrogens with one attached hydrogen (secondary N) is 1. The fourth-order valence-electron chi connectivity index (χ4n) is 2.77. The summed E-state index contributed by atoms with van der Waals surface area (Å²) in [4.78, 5) is 12.9. The van der Waals surface area contributed by atoms with Gasteiger partial charge in [-0.15, -0.1) is 11.3 Å². The van der Waals surface area contributed by atoms with Crippen molar-refractivity contribution in [2.24, 2.45) is 0 Å². The Morgan fingerprint density at radius 3 is 2.38 bits per heavy atom. The maximum Gasteiger partial charge on any atom is 0.269 e. The van der Waals surface area contributed by atoms with Gasteiger partial charge in [0.25, 0.3) is 5.69 Å². The molecule has 0 saturated carbocycles. The highest BCUT2D eigenvalue weighted by atomic mass is 32.2. The summed E-state index contributed by atoms with van der Waals surface area (Å²) in [5.41, 5.74) is -0.112. The maximum atomic E-state index is 12.6. The van der Waals surface area contributed by atoms with E-state index in [0.717, 1.165) is 19.6 Å². The topological polar surface area (TPSA) is 85.0 Å². The Morgan fingerprint density at radius 2 is 1.83 bits per heavy atom. The van der Waals surface area contributed by atoms with Crippen molar-refractivity contribution < 1.29 is 18.2 Å². The zero-order valence-electron chi connectivity index (χ0n) is 12.9. The molecule has 1 aromatic heterocycles. The molecular formula is C15H18N3O4S2+. The SMILES string of the molecule is O=[N+]([O-])c1ccc(S(=O)(=O)N2CC[NH+](Cc3cccs3)CC2)cc1. The van der Waals surface area contributed by atoms with Crippen molar-refractivity contribution in [1.29, 1.82) is 0 Å².